The van der Waals surface area contributed by atoms with E-state index < -0.39 is 11.9 Å². The van der Waals surface area contributed by atoms with Gasteiger partial charge in [-0.3, -0.25) is 15.0 Å². The number of nitrogens with one attached hydrogen (secondary N) is 2. The van der Waals surface area contributed by atoms with E-state index in [1.54, 1.807) is 30.3 Å². The fraction of sp³-hybridized carbons (Fsp3) is 0.267. The second kappa shape index (κ2) is 6.21. The normalized spacial score (nSPS) is 17.1. The van der Waals surface area contributed by atoms with E-state index in [1.807, 2.05) is 0 Å². The lowest BCUT2D eigenvalue weighted by Crippen LogP contribution is -2.29. The van der Waals surface area contributed by atoms with Crippen molar-refractivity contribution in [3.05, 3.63) is 47.0 Å². The van der Waals surface area contributed by atoms with Gasteiger partial charge >= 0.3 is 5.97 Å². The summed E-state index contributed by atoms with van der Waals surface area (Å²) in [5, 5.41) is 19.1. The molecular formula is C15H17N3O3. The van der Waals surface area contributed by atoms with Crippen molar-refractivity contribution in [3.8, 4) is 0 Å². The summed E-state index contributed by atoms with van der Waals surface area (Å²) >= 11 is 0. The van der Waals surface area contributed by atoms with Crippen molar-refractivity contribution in [3.63, 3.8) is 0 Å². The Hall–Kier alpha value is -2.63. The van der Waals surface area contributed by atoms with E-state index in [-0.39, 0.29) is 11.7 Å². The van der Waals surface area contributed by atoms with Gasteiger partial charge in [-0.15, -0.1) is 0 Å². The van der Waals surface area contributed by atoms with Crippen molar-refractivity contribution < 1.29 is 14.7 Å². The Kier molecular flexibility index (Phi) is 4.37. The van der Waals surface area contributed by atoms with Crippen LogP contribution in [0.2, 0.25) is 0 Å². The van der Waals surface area contributed by atoms with Gasteiger partial charge in [0.25, 0.3) is 0 Å². The third kappa shape index (κ3) is 3.47. The molecule has 0 saturated heterocycles. The van der Waals surface area contributed by atoms with Crippen molar-refractivity contribution >= 4 is 17.7 Å². The van der Waals surface area contributed by atoms with Gasteiger partial charge < -0.3 is 16.2 Å². The van der Waals surface area contributed by atoms with Crippen LogP contribution in [0, 0.1) is 11.3 Å². The van der Waals surface area contributed by atoms with Gasteiger partial charge in [-0.2, -0.15) is 0 Å². The maximum absolute atomic E-state index is 12.0. The number of amides is 1. The number of hydrogen-bond donors (Lipinski definition) is 4. The minimum Gasteiger partial charge on any atom is -0.481 e. The molecule has 0 spiro atoms. The average molecular weight is 287 g/mol. The quantitative estimate of drug-likeness (QED) is 0.477. The summed E-state index contributed by atoms with van der Waals surface area (Å²) in [6, 6.07) is 6.96. The van der Waals surface area contributed by atoms with Crippen LogP contribution in [0.25, 0.3) is 0 Å². The number of nitrogens with two attached hydrogens (primary N) is 1. The van der Waals surface area contributed by atoms with Gasteiger partial charge in [-0.1, -0.05) is 30.3 Å². The Morgan fingerprint density at radius 1 is 1.33 bits per heavy atom. The van der Waals surface area contributed by atoms with Crippen molar-refractivity contribution in [2.24, 2.45) is 11.7 Å². The molecule has 21 heavy (non-hydrogen) atoms. The molecule has 6 heteroatoms. The number of benzene rings is 1. The molecular weight excluding hydrogens is 270 g/mol. The lowest BCUT2D eigenvalue weighted by Gasteiger charge is -2.11. The summed E-state index contributed by atoms with van der Waals surface area (Å²) in [5.74, 6) is -2.01. The number of aliphatic carboxylic acids is 1. The molecule has 0 saturated carbocycles. The lowest BCUT2D eigenvalue weighted by molar-refractivity contribution is -0.141. The Morgan fingerprint density at radius 2 is 2.00 bits per heavy atom. The summed E-state index contributed by atoms with van der Waals surface area (Å²) in [6.07, 6.45) is 2.78. The van der Waals surface area contributed by atoms with Crippen LogP contribution in [0.4, 0.5) is 0 Å². The fourth-order valence-electron chi connectivity index (χ4n) is 2.30. The molecule has 110 valence electrons. The summed E-state index contributed by atoms with van der Waals surface area (Å²) in [6.45, 7) is 0.306. The highest BCUT2D eigenvalue weighted by Crippen LogP contribution is 2.26. The molecule has 0 heterocycles. The zero-order valence-corrected chi connectivity index (χ0v) is 11.4. The Balaban J connectivity index is 1.95. The number of carbonyl (C=O) groups is 2. The average Bonchev–Trinajstić information content (AvgIpc) is 2.95. The van der Waals surface area contributed by atoms with E-state index in [9.17, 15) is 9.59 Å². The monoisotopic (exact) mass is 287 g/mol. The topological polar surface area (TPSA) is 116 Å². The second-order valence-electron chi connectivity index (χ2n) is 4.92. The van der Waals surface area contributed by atoms with Crippen LogP contribution in [-0.2, 0) is 16.1 Å². The molecule has 6 nitrogen and oxygen atoms in total. The van der Waals surface area contributed by atoms with Crippen LogP contribution >= 0.6 is 0 Å². The summed E-state index contributed by atoms with van der Waals surface area (Å²) < 4.78 is 0. The van der Waals surface area contributed by atoms with Crippen LogP contribution in [0.1, 0.15) is 24.0 Å². The van der Waals surface area contributed by atoms with Gasteiger partial charge in [0, 0.05) is 17.7 Å². The van der Waals surface area contributed by atoms with Crippen molar-refractivity contribution in [2.45, 2.75) is 19.4 Å². The molecule has 1 unspecified atom stereocenters. The largest absolute Gasteiger partial charge is 0.481 e. The van der Waals surface area contributed by atoms with Crippen molar-refractivity contribution in [1.82, 2.24) is 5.32 Å². The molecule has 0 aliphatic heterocycles. The highest BCUT2D eigenvalue weighted by atomic mass is 16.4. The van der Waals surface area contributed by atoms with Gasteiger partial charge in [0.1, 0.15) is 5.84 Å². The highest BCUT2D eigenvalue weighted by Gasteiger charge is 2.30. The third-order valence-electron chi connectivity index (χ3n) is 3.47. The van der Waals surface area contributed by atoms with Crippen molar-refractivity contribution in [2.75, 3.05) is 0 Å². The van der Waals surface area contributed by atoms with Gasteiger partial charge in [0.15, 0.2) is 0 Å². The van der Waals surface area contributed by atoms with Crippen molar-refractivity contribution in [1.29, 1.82) is 5.41 Å². The lowest BCUT2D eigenvalue weighted by atomic mass is 10.0. The van der Waals surface area contributed by atoms with Crippen LogP contribution in [0.5, 0.6) is 0 Å². The van der Waals surface area contributed by atoms with Crippen LogP contribution in [0.15, 0.2) is 35.9 Å². The predicted molar refractivity (Wildman–Crippen MR) is 77.7 cm³/mol. The Bertz CT molecular complexity index is 605. The zero-order chi connectivity index (χ0) is 15.4. The highest BCUT2D eigenvalue weighted by molar-refractivity contribution is 5.99. The van der Waals surface area contributed by atoms with E-state index in [1.165, 1.54) is 0 Å². The maximum Gasteiger partial charge on any atom is 0.311 e. The minimum atomic E-state index is -0.959. The molecule has 1 amide bonds. The first-order chi connectivity index (χ1) is 9.99. The first kappa shape index (κ1) is 14.8. The molecule has 1 aromatic rings. The smallest absolute Gasteiger partial charge is 0.311 e. The Morgan fingerprint density at radius 3 is 2.57 bits per heavy atom. The SMILES string of the molecule is N=C(N)c1ccc(CNC(=O)C2=CCCC2C(=O)O)cc1. The molecule has 1 aliphatic carbocycles. The zero-order valence-electron chi connectivity index (χ0n) is 11.4. The number of hydrogen-bond acceptors (Lipinski definition) is 3. The molecule has 0 radical (unpaired) electrons. The predicted octanol–water partition coefficient (Wildman–Crippen LogP) is 1.01. The van der Waals surface area contributed by atoms with Crippen LogP contribution in [-0.4, -0.2) is 22.8 Å². The summed E-state index contributed by atoms with van der Waals surface area (Å²) in [4.78, 5) is 23.1. The standard InChI is InChI=1S/C15H17N3O3/c16-13(17)10-6-4-9(5-7-10)8-18-14(19)11-2-1-3-12(11)15(20)21/h2,4-7,12H,1,3,8H2,(H3,16,17)(H,18,19)(H,20,21). The molecule has 0 bridgehead atoms. The molecule has 1 aromatic carbocycles. The molecule has 5 N–H and O–H groups in total. The number of amidine groups is 1. The number of carboxylic acids is 1. The number of carbonyl (C=O) groups excluding carboxylic acids is 1. The minimum absolute atomic E-state index is 0.00834. The second-order valence-corrected chi connectivity index (χ2v) is 4.92. The fourth-order valence-corrected chi connectivity index (χ4v) is 2.30. The molecule has 0 aromatic heterocycles. The van der Waals surface area contributed by atoms with E-state index >= 15 is 0 Å². The van der Waals surface area contributed by atoms with E-state index in [0.717, 1.165) is 5.56 Å². The van der Waals surface area contributed by atoms with Crippen LogP contribution in [0.3, 0.4) is 0 Å². The maximum atomic E-state index is 12.0. The molecule has 2 rings (SSSR count). The summed E-state index contributed by atoms with van der Waals surface area (Å²) in [7, 11) is 0. The van der Waals surface area contributed by atoms with E-state index in [4.69, 9.17) is 16.2 Å². The number of rotatable bonds is 5. The molecule has 0 fully saturated rings. The van der Waals surface area contributed by atoms with E-state index in [0.29, 0.717) is 30.5 Å². The summed E-state index contributed by atoms with van der Waals surface area (Å²) in [5.41, 5.74) is 7.18. The number of allylic oxidation sites excluding steroid dienone is 1. The van der Waals surface area contributed by atoms with Crippen LogP contribution < -0.4 is 11.1 Å². The first-order valence-electron chi connectivity index (χ1n) is 6.63. The molecule has 1 aliphatic rings. The number of nitrogen functional groups attached to an aromatic ring is 1. The van der Waals surface area contributed by atoms with Gasteiger partial charge in [0.2, 0.25) is 5.91 Å². The molecule has 1 atom stereocenters. The van der Waals surface area contributed by atoms with Gasteiger partial charge in [-0.05, 0) is 18.4 Å². The Labute approximate surface area is 122 Å². The van der Waals surface area contributed by atoms with E-state index in [2.05, 4.69) is 5.32 Å². The van der Waals surface area contributed by atoms with Gasteiger partial charge in [0.05, 0.1) is 5.92 Å². The first-order valence-corrected chi connectivity index (χ1v) is 6.63. The third-order valence-corrected chi connectivity index (χ3v) is 3.47. The number of carboxylic acid groups (broad SMARTS) is 1. The van der Waals surface area contributed by atoms with Gasteiger partial charge in [-0.25, -0.2) is 0 Å².